The fraction of sp³-hybridized carbons (Fsp3) is 0.600. The molecule has 0 heterocycles. The predicted molar refractivity (Wildman–Crippen MR) is 78.4 cm³/mol. The van der Waals surface area contributed by atoms with Crippen LogP contribution in [0.1, 0.15) is 32.3 Å². The summed E-state index contributed by atoms with van der Waals surface area (Å²) in [6.07, 6.45) is 2.59. The standard InChI is InChI=1S/C15H22BrNO/c1-14(2)7-8-15(10-17,13(14)18)9-11-3-5-12(16)6-4-11/h3-6,13,18H,7-10,17H2,1-2H3. The quantitative estimate of drug-likeness (QED) is 0.901. The zero-order chi connectivity index (χ0) is 13.4. The van der Waals surface area contributed by atoms with Gasteiger partial charge in [0.1, 0.15) is 0 Å². The van der Waals surface area contributed by atoms with Crippen molar-refractivity contribution in [2.75, 3.05) is 6.54 Å². The molecule has 0 radical (unpaired) electrons. The smallest absolute Gasteiger partial charge is 0.0662 e. The third-order valence-corrected chi connectivity index (χ3v) is 4.99. The van der Waals surface area contributed by atoms with Crippen LogP contribution in [0, 0.1) is 10.8 Å². The van der Waals surface area contributed by atoms with Crippen LogP contribution in [0.2, 0.25) is 0 Å². The maximum atomic E-state index is 10.6. The monoisotopic (exact) mass is 311 g/mol. The number of rotatable bonds is 3. The minimum atomic E-state index is -0.321. The molecule has 1 aromatic carbocycles. The van der Waals surface area contributed by atoms with E-state index in [-0.39, 0.29) is 16.9 Å². The Hall–Kier alpha value is -0.380. The number of halogens is 1. The van der Waals surface area contributed by atoms with Crippen LogP contribution in [0.25, 0.3) is 0 Å². The van der Waals surface area contributed by atoms with Gasteiger partial charge >= 0.3 is 0 Å². The lowest BCUT2D eigenvalue weighted by molar-refractivity contribution is -0.00463. The first kappa shape index (κ1) is 14.0. The first-order chi connectivity index (χ1) is 8.39. The SMILES string of the molecule is CC1(C)CCC(CN)(Cc2ccc(Br)cc2)C1O. The molecule has 0 amide bonds. The molecule has 2 nitrogen and oxygen atoms in total. The minimum Gasteiger partial charge on any atom is -0.392 e. The number of benzene rings is 1. The highest BCUT2D eigenvalue weighted by molar-refractivity contribution is 9.10. The zero-order valence-electron chi connectivity index (χ0n) is 11.1. The number of hydrogen-bond acceptors (Lipinski definition) is 2. The summed E-state index contributed by atoms with van der Waals surface area (Å²) in [7, 11) is 0. The second kappa shape index (κ2) is 4.95. The Labute approximate surface area is 118 Å². The molecule has 18 heavy (non-hydrogen) atoms. The second-order valence-corrected chi connectivity index (χ2v) is 7.18. The molecule has 0 aliphatic heterocycles. The van der Waals surface area contributed by atoms with Crippen molar-refractivity contribution < 1.29 is 5.11 Å². The molecule has 2 unspecified atom stereocenters. The molecule has 0 spiro atoms. The van der Waals surface area contributed by atoms with Crippen molar-refractivity contribution in [1.82, 2.24) is 0 Å². The molecular weight excluding hydrogens is 290 g/mol. The molecule has 1 saturated carbocycles. The third kappa shape index (κ3) is 2.49. The molecule has 0 saturated heterocycles. The van der Waals surface area contributed by atoms with Crippen molar-refractivity contribution in [3.63, 3.8) is 0 Å². The first-order valence-corrected chi connectivity index (χ1v) is 7.31. The maximum Gasteiger partial charge on any atom is 0.0662 e. The summed E-state index contributed by atoms with van der Waals surface area (Å²) in [5.74, 6) is 0. The minimum absolute atomic E-state index is 0.0191. The number of hydrogen-bond donors (Lipinski definition) is 2. The topological polar surface area (TPSA) is 46.2 Å². The zero-order valence-corrected chi connectivity index (χ0v) is 12.7. The fourth-order valence-corrected chi connectivity index (χ4v) is 3.42. The van der Waals surface area contributed by atoms with Crippen LogP contribution >= 0.6 is 15.9 Å². The Morgan fingerprint density at radius 1 is 1.28 bits per heavy atom. The highest BCUT2D eigenvalue weighted by Crippen LogP contribution is 2.50. The van der Waals surface area contributed by atoms with Crippen LogP contribution in [0.5, 0.6) is 0 Å². The van der Waals surface area contributed by atoms with Gasteiger partial charge in [-0.25, -0.2) is 0 Å². The van der Waals surface area contributed by atoms with Gasteiger partial charge in [-0.1, -0.05) is 41.9 Å². The van der Waals surface area contributed by atoms with Gasteiger partial charge in [-0.15, -0.1) is 0 Å². The average Bonchev–Trinajstić information content (AvgIpc) is 2.57. The van der Waals surface area contributed by atoms with Crippen LogP contribution in [-0.2, 0) is 6.42 Å². The number of nitrogens with two attached hydrogens (primary N) is 1. The molecule has 3 N–H and O–H groups in total. The van der Waals surface area contributed by atoms with Crippen molar-refractivity contribution in [3.8, 4) is 0 Å². The van der Waals surface area contributed by atoms with Crippen LogP contribution < -0.4 is 5.73 Å². The number of aliphatic hydroxyl groups excluding tert-OH is 1. The normalized spacial score (nSPS) is 30.6. The van der Waals surface area contributed by atoms with E-state index in [1.165, 1.54) is 5.56 Å². The molecular formula is C15H22BrNO. The highest BCUT2D eigenvalue weighted by atomic mass is 79.9. The van der Waals surface area contributed by atoms with E-state index < -0.39 is 0 Å². The van der Waals surface area contributed by atoms with Crippen molar-refractivity contribution in [2.45, 2.75) is 39.2 Å². The molecule has 1 aliphatic rings. The first-order valence-electron chi connectivity index (χ1n) is 6.52. The fourth-order valence-electron chi connectivity index (χ4n) is 3.15. The van der Waals surface area contributed by atoms with E-state index in [0.717, 1.165) is 23.7 Å². The maximum absolute atomic E-state index is 10.6. The Balaban J connectivity index is 2.22. The lowest BCUT2D eigenvalue weighted by Gasteiger charge is -2.36. The van der Waals surface area contributed by atoms with E-state index in [0.29, 0.717) is 6.54 Å². The van der Waals surface area contributed by atoms with Crippen LogP contribution in [0.4, 0.5) is 0 Å². The van der Waals surface area contributed by atoms with E-state index in [4.69, 9.17) is 5.73 Å². The lowest BCUT2D eigenvalue weighted by Crippen LogP contribution is -2.44. The molecule has 2 atom stereocenters. The Bertz CT molecular complexity index is 415. The van der Waals surface area contributed by atoms with E-state index in [9.17, 15) is 5.11 Å². The predicted octanol–water partition coefficient (Wildman–Crippen LogP) is 3.12. The Morgan fingerprint density at radius 3 is 2.33 bits per heavy atom. The Morgan fingerprint density at radius 2 is 1.89 bits per heavy atom. The van der Waals surface area contributed by atoms with Gasteiger partial charge < -0.3 is 10.8 Å². The number of aliphatic hydroxyl groups is 1. The van der Waals surface area contributed by atoms with Gasteiger partial charge in [-0.2, -0.15) is 0 Å². The van der Waals surface area contributed by atoms with Gasteiger partial charge in [0.15, 0.2) is 0 Å². The summed E-state index contributed by atoms with van der Waals surface area (Å²) in [6.45, 7) is 4.82. The van der Waals surface area contributed by atoms with Gasteiger partial charge in [0.2, 0.25) is 0 Å². The summed E-state index contributed by atoms with van der Waals surface area (Å²) in [6, 6.07) is 8.32. The highest BCUT2D eigenvalue weighted by Gasteiger charge is 2.50. The van der Waals surface area contributed by atoms with Crippen LogP contribution in [0.15, 0.2) is 28.7 Å². The van der Waals surface area contributed by atoms with E-state index in [2.05, 4.69) is 41.9 Å². The lowest BCUT2D eigenvalue weighted by atomic mass is 9.74. The summed E-state index contributed by atoms with van der Waals surface area (Å²) in [4.78, 5) is 0. The Kier molecular flexibility index (Phi) is 3.86. The van der Waals surface area contributed by atoms with Gasteiger partial charge in [0.25, 0.3) is 0 Å². The van der Waals surface area contributed by atoms with E-state index in [1.54, 1.807) is 0 Å². The largest absolute Gasteiger partial charge is 0.392 e. The molecule has 0 bridgehead atoms. The van der Waals surface area contributed by atoms with Gasteiger partial charge in [-0.3, -0.25) is 0 Å². The van der Waals surface area contributed by atoms with Crippen LogP contribution in [-0.4, -0.2) is 17.8 Å². The van der Waals surface area contributed by atoms with Gasteiger partial charge in [0.05, 0.1) is 6.10 Å². The van der Waals surface area contributed by atoms with Crippen LogP contribution in [0.3, 0.4) is 0 Å². The van der Waals surface area contributed by atoms with E-state index in [1.807, 2.05) is 12.1 Å². The molecule has 1 aliphatic carbocycles. The summed E-state index contributed by atoms with van der Waals surface area (Å²) in [5, 5.41) is 10.6. The van der Waals surface area contributed by atoms with Crippen molar-refractivity contribution in [2.24, 2.45) is 16.6 Å². The van der Waals surface area contributed by atoms with Crippen molar-refractivity contribution in [1.29, 1.82) is 0 Å². The van der Waals surface area contributed by atoms with E-state index >= 15 is 0 Å². The average molecular weight is 312 g/mol. The van der Waals surface area contributed by atoms with Gasteiger partial charge in [-0.05, 0) is 42.4 Å². The van der Waals surface area contributed by atoms with Crippen molar-refractivity contribution >= 4 is 15.9 Å². The molecule has 0 aromatic heterocycles. The third-order valence-electron chi connectivity index (χ3n) is 4.46. The molecule has 1 aromatic rings. The van der Waals surface area contributed by atoms with Crippen molar-refractivity contribution in [3.05, 3.63) is 34.3 Å². The molecule has 1 fully saturated rings. The molecule has 2 rings (SSSR count). The molecule has 100 valence electrons. The summed E-state index contributed by atoms with van der Waals surface area (Å²) >= 11 is 3.44. The molecule has 3 heteroatoms. The second-order valence-electron chi connectivity index (χ2n) is 6.26. The summed E-state index contributed by atoms with van der Waals surface area (Å²) < 4.78 is 1.08. The van der Waals surface area contributed by atoms with Gasteiger partial charge in [0, 0.05) is 16.4 Å². The summed E-state index contributed by atoms with van der Waals surface area (Å²) in [5.41, 5.74) is 7.06.